The van der Waals surface area contributed by atoms with Crippen molar-refractivity contribution < 1.29 is 4.74 Å². The Morgan fingerprint density at radius 3 is 2.60 bits per heavy atom. The monoisotopic (exact) mass is 326 g/mol. The van der Waals surface area contributed by atoms with Crippen molar-refractivity contribution in [3.8, 4) is 34.3 Å². The normalized spacial score (nSPS) is 10.6. The fourth-order valence-corrected chi connectivity index (χ4v) is 2.75. The number of benzene rings is 2. The molecular formula is C20H14N4O. The highest BCUT2D eigenvalue weighted by Crippen LogP contribution is 2.25. The van der Waals surface area contributed by atoms with Gasteiger partial charge in [0.15, 0.2) is 5.65 Å². The van der Waals surface area contributed by atoms with Crippen molar-refractivity contribution in [3.63, 3.8) is 0 Å². The maximum absolute atomic E-state index is 8.95. The number of rotatable bonds is 3. The van der Waals surface area contributed by atoms with Crippen molar-refractivity contribution in [2.75, 3.05) is 7.11 Å². The number of nitriles is 1. The molecule has 2 aromatic heterocycles. The van der Waals surface area contributed by atoms with Gasteiger partial charge in [0.1, 0.15) is 5.75 Å². The minimum atomic E-state index is 0.635. The van der Waals surface area contributed by atoms with E-state index >= 15 is 0 Å². The molecule has 0 atom stereocenters. The molecule has 5 nitrogen and oxygen atoms in total. The number of aromatic nitrogens is 3. The molecule has 2 heterocycles. The summed E-state index contributed by atoms with van der Waals surface area (Å²) in [4.78, 5) is 8.92. The molecule has 2 aromatic carbocycles. The van der Waals surface area contributed by atoms with Gasteiger partial charge in [0, 0.05) is 17.3 Å². The first-order valence-electron chi connectivity index (χ1n) is 7.76. The van der Waals surface area contributed by atoms with E-state index in [2.05, 4.69) is 16.0 Å². The van der Waals surface area contributed by atoms with Crippen molar-refractivity contribution in [1.82, 2.24) is 14.4 Å². The molecule has 4 rings (SSSR count). The van der Waals surface area contributed by atoms with Crippen molar-refractivity contribution in [2.45, 2.75) is 0 Å². The second-order valence-corrected chi connectivity index (χ2v) is 5.57. The van der Waals surface area contributed by atoms with Gasteiger partial charge < -0.3 is 4.74 Å². The van der Waals surface area contributed by atoms with Crippen LogP contribution in [0.3, 0.4) is 0 Å². The summed E-state index contributed by atoms with van der Waals surface area (Å²) in [6.45, 7) is 0. The number of methoxy groups -OCH3 is 1. The third-order valence-corrected chi connectivity index (χ3v) is 4.07. The van der Waals surface area contributed by atoms with Crippen molar-refractivity contribution in [2.24, 2.45) is 0 Å². The summed E-state index contributed by atoms with van der Waals surface area (Å²) in [5.41, 5.74) is 5.16. The topological polar surface area (TPSA) is 63.2 Å². The first kappa shape index (κ1) is 14.9. The van der Waals surface area contributed by atoms with Gasteiger partial charge in [-0.25, -0.2) is 4.98 Å². The lowest BCUT2D eigenvalue weighted by Crippen LogP contribution is -1.93. The minimum Gasteiger partial charge on any atom is -0.497 e. The Balaban J connectivity index is 1.83. The fourth-order valence-electron chi connectivity index (χ4n) is 2.75. The highest BCUT2D eigenvalue weighted by Gasteiger charge is 2.09. The molecule has 4 aromatic rings. The molecule has 0 amide bonds. The molecule has 0 saturated carbocycles. The predicted octanol–water partition coefficient (Wildman–Crippen LogP) is 3.94. The lowest BCUT2D eigenvalue weighted by molar-refractivity contribution is 0.415. The Morgan fingerprint density at radius 1 is 1.00 bits per heavy atom. The number of nitrogens with zero attached hydrogens (tertiary/aromatic N) is 4. The highest BCUT2D eigenvalue weighted by molar-refractivity contribution is 5.67. The summed E-state index contributed by atoms with van der Waals surface area (Å²) in [5, 5.41) is 8.95. The van der Waals surface area contributed by atoms with Crippen LogP contribution in [0, 0.1) is 11.3 Å². The van der Waals surface area contributed by atoms with Gasteiger partial charge in [-0.3, -0.25) is 9.38 Å². The molecule has 0 aliphatic rings. The van der Waals surface area contributed by atoms with E-state index in [0.29, 0.717) is 5.56 Å². The minimum absolute atomic E-state index is 0.635. The van der Waals surface area contributed by atoms with Gasteiger partial charge >= 0.3 is 0 Å². The summed E-state index contributed by atoms with van der Waals surface area (Å²) in [7, 11) is 1.65. The molecular weight excluding hydrogens is 312 g/mol. The summed E-state index contributed by atoms with van der Waals surface area (Å²) in [5.74, 6) is 0.789. The first-order valence-corrected chi connectivity index (χ1v) is 7.76. The number of hydrogen-bond donors (Lipinski definition) is 0. The molecule has 0 saturated heterocycles. The summed E-state index contributed by atoms with van der Waals surface area (Å²) in [6.07, 6.45) is 5.53. The van der Waals surface area contributed by atoms with Gasteiger partial charge in [-0.05, 0) is 24.3 Å². The Hall–Kier alpha value is -3.65. The SMILES string of the molecule is COc1cccc(-c2cn3c(-c4ccc(C#N)cc4)cnc3cn2)c1. The number of ether oxygens (including phenoxy) is 1. The molecule has 0 radical (unpaired) electrons. The van der Waals surface area contributed by atoms with Crippen LogP contribution in [-0.2, 0) is 0 Å². The van der Waals surface area contributed by atoms with Gasteiger partial charge in [-0.2, -0.15) is 5.26 Å². The molecule has 0 fully saturated rings. The summed E-state index contributed by atoms with van der Waals surface area (Å²) in [6, 6.07) is 17.4. The molecule has 0 spiro atoms. The third kappa shape index (κ3) is 2.70. The summed E-state index contributed by atoms with van der Waals surface area (Å²) >= 11 is 0. The Morgan fingerprint density at radius 2 is 1.84 bits per heavy atom. The number of fused-ring (bicyclic) bond motifs is 1. The van der Waals surface area contributed by atoms with E-state index in [-0.39, 0.29) is 0 Å². The van der Waals surface area contributed by atoms with Gasteiger partial charge in [-0.15, -0.1) is 0 Å². The van der Waals surface area contributed by atoms with Crippen molar-refractivity contribution >= 4 is 5.65 Å². The molecule has 0 aliphatic heterocycles. The van der Waals surface area contributed by atoms with Crippen LogP contribution in [0.4, 0.5) is 0 Å². The van der Waals surface area contributed by atoms with E-state index in [1.165, 1.54) is 0 Å². The fraction of sp³-hybridized carbons (Fsp3) is 0.0500. The van der Waals surface area contributed by atoms with E-state index < -0.39 is 0 Å². The van der Waals surface area contributed by atoms with Crippen LogP contribution in [0.2, 0.25) is 0 Å². The smallest absolute Gasteiger partial charge is 0.155 e. The van der Waals surface area contributed by atoms with E-state index in [9.17, 15) is 0 Å². The Kier molecular flexibility index (Phi) is 3.64. The molecule has 5 heteroatoms. The average molecular weight is 326 g/mol. The zero-order chi connectivity index (χ0) is 17.2. The Labute approximate surface area is 144 Å². The molecule has 25 heavy (non-hydrogen) atoms. The van der Waals surface area contributed by atoms with Crippen molar-refractivity contribution in [3.05, 3.63) is 72.7 Å². The molecule has 0 bridgehead atoms. The van der Waals surface area contributed by atoms with Gasteiger partial charge in [0.2, 0.25) is 0 Å². The lowest BCUT2D eigenvalue weighted by Gasteiger charge is -2.07. The number of imidazole rings is 1. The first-order chi connectivity index (χ1) is 12.3. The van der Waals surface area contributed by atoms with Crippen LogP contribution in [-0.4, -0.2) is 21.5 Å². The molecule has 0 N–H and O–H groups in total. The van der Waals surface area contributed by atoms with E-state index in [0.717, 1.165) is 33.9 Å². The van der Waals surface area contributed by atoms with Crippen LogP contribution >= 0.6 is 0 Å². The summed E-state index contributed by atoms with van der Waals surface area (Å²) < 4.78 is 7.29. The van der Waals surface area contributed by atoms with Gasteiger partial charge in [0.25, 0.3) is 0 Å². The highest BCUT2D eigenvalue weighted by atomic mass is 16.5. The van der Waals surface area contributed by atoms with E-state index in [1.54, 1.807) is 25.4 Å². The van der Waals surface area contributed by atoms with Gasteiger partial charge in [0.05, 0.1) is 42.5 Å². The van der Waals surface area contributed by atoms with Crippen LogP contribution in [0.1, 0.15) is 5.56 Å². The molecule has 0 unspecified atom stereocenters. The van der Waals surface area contributed by atoms with Crippen molar-refractivity contribution in [1.29, 1.82) is 5.26 Å². The van der Waals surface area contributed by atoms with Crippen LogP contribution in [0.15, 0.2) is 67.1 Å². The van der Waals surface area contributed by atoms with Gasteiger partial charge in [-0.1, -0.05) is 24.3 Å². The standard InChI is InChI=1S/C20H14N4O/c1-25-17-4-2-3-16(9-17)18-13-24-19(11-23-20(24)12-22-18)15-7-5-14(10-21)6-8-15/h2-9,11-13H,1H3. The predicted molar refractivity (Wildman–Crippen MR) is 95.1 cm³/mol. The Bertz CT molecular complexity index is 1090. The largest absolute Gasteiger partial charge is 0.497 e. The maximum atomic E-state index is 8.95. The van der Waals surface area contributed by atoms with Crippen LogP contribution < -0.4 is 4.74 Å². The maximum Gasteiger partial charge on any atom is 0.155 e. The van der Waals surface area contributed by atoms with Crippen LogP contribution in [0.5, 0.6) is 5.75 Å². The molecule has 0 aliphatic carbocycles. The zero-order valence-electron chi connectivity index (χ0n) is 13.5. The zero-order valence-corrected chi connectivity index (χ0v) is 13.5. The molecule has 120 valence electrons. The average Bonchev–Trinajstić information content (AvgIpc) is 3.11. The second kappa shape index (κ2) is 6.10. The van der Waals surface area contributed by atoms with E-state index in [4.69, 9.17) is 10.00 Å². The van der Waals surface area contributed by atoms with Crippen LogP contribution in [0.25, 0.3) is 28.2 Å². The quantitative estimate of drug-likeness (QED) is 0.572. The van der Waals surface area contributed by atoms with E-state index in [1.807, 2.05) is 53.2 Å². The number of hydrogen-bond acceptors (Lipinski definition) is 4. The second-order valence-electron chi connectivity index (χ2n) is 5.57. The third-order valence-electron chi connectivity index (χ3n) is 4.07. The lowest BCUT2D eigenvalue weighted by atomic mass is 10.1.